The molecule has 0 unspecified atom stereocenters. The molecule has 1 aliphatic heterocycles. The van der Waals surface area contributed by atoms with Gasteiger partial charge in [0.1, 0.15) is 12.0 Å². The van der Waals surface area contributed by atoms with E-state index in [9.17, 15) is 13.6 Å². The minimum Gasteiger partial charge on any atom is -0.395 e. The maximum absolute atomic E-state index is 13.0. The van der Waals surface area contributed by atoms with Gasteiger partial charge < -0.3 is 9.47 Å². The Bertz CT molecular complexity index is 953. The van der Waals surface area contributed by atoms with Gasteiger partial charge in [0, 0.05) is 5.56 Å². The number of rotatable bonds is 2. The summed E-state index contributed by atoms with van der Waals surface area (Å²) in [5.74, 6) is -0.743. The molecule has 0 saturated carbocycles. The number of nitrogens with zero attached hydrogens (tertiary/aromatic N) is 3. The van der Waals surface area contributed by atoms with Gasteiger partial charge in [-0.15, -0.1) is 8.78 Å². The molecular formula is C13H6F2N4O4. The zero-order valence-corrected chi connectivity index (χ0v) is 11.1. The second kappa shape index (κ2) is 4.60. The van der Waals surface area contributed by atoms with Crippen LogP contribution in [0.2, 0.25) is 0 Å². The van der Waals surface area contributed by atoms with Crippen LogP contribution < -0.4 is 15.2 Å². The van der Waals surface area contributed by atoms with Crippen LogP contribution in [0.3, 0.4) is 0 Å². The van der Waals surface area contributed by atoms with E-state index in [0.717, 1.165) is 0 Å². The number of halogens is 2. The lowest BCUT2D eigenvalue weighted by Crippen LogP contribution is -2.25. The molecule has 23 heavy (non-hydrogen) atoms. The maximum Gasteiger partial charge on any atom is 0.586 e. The number of benzene rings is 1. The van der Waals surface area contributed by atoms with Crippen molar-refractivity contribution in [2.45, 2.75) is 6.29 Å². The Hall–Kier alpha value is -3.30. The highest BCUT2D eigenvalue weighted by Gasteiger charge is 2.43. The van der Waals surface area contributed by atoms with Crippen molar-refractivity contribution in [2.24, 2.45) is 0 Å². The molecule has 0 amide bonds. The zero-order chi connectivity index (χ0) is 16.0. The zero-order valence-electron chi connectivity index (χ0n) is 11.1. The predicted molar refractivity (Wildman–Crippen MR) is 69.8 cm³/mol. The lowest BCUT2D eigenvalue weighted by Gasteiger charge is -2.04. The molecule has 3 aromatic rings. The van der Waals surface area contributed by atoms with Crippen molar-refractivity contribution in [3.05, 3.63) is 41.1 Å². The molecule has 2 aromatic heterocycles. The molecule has 1 aromatic carbocycles. The third kappa shape index (κ3) is 2.39. The fraction of sp³-hybridized carbons (Fsp3) is 0.0769. The molecule has 116 valence electrons. The predicted octanol–water partition coefficient (Wildman–Crippen LogP) is 1.81. The molecule has 0 atom stereocenters. The Labute approximate surface area is 125 Å². The number of aromatic nitrogens is 4. The van der Waals surface area contributed by atoms with E-state index in [-0.39, 0.29) is 17.3 Å². The number of H-pyrrole nitrogens is 1. The van der Waals surface area contributed by atoms with E-state index >= 15 is 0 Å². The van der Waals surface area contributed by atoms with Gasteiger partial charge in [-0.25, -0.2) is 14.8 Å². The maximum atomic E-state index is 13.0. The number of aromatic amines is 1. The van der Waals surface area contributed by atoms with E-state index in [1.54, 1.807) is 6.07 Å². The highest BCUT2D eigenvalue weighted by Crippen LogP contribution is 2.42. The van der Waals surface area contributed by atoms with Crippen LogP contribution >= 0.6 is 0 Å². The molecular weight excluding hydrogens is 314 g/mol. The summed E-state index contributed by atoms with van der Waals surface area (Å²) in [6.45, 7) is 0. The van der Waals surface area contributed by atoms with Crippen LogP contribution in [0.25, 0.3) is 22.8 Å². The Morgan fingerprint density at radius 1 is 1.04 bits per heavy atom. The molecule has 8 nitrogen and oxygen atoms in total. The number of alkyl halides is 2. The van der Waals surface area contributed by atoms with E-state index in [0.29, 0.717) is 17.0 Å². The summed E-state index contributed by atoms with van der Waals surface area (Å²) in [7, 11) is 0. The Morgan fingerprint density at radius 2 is 1.83 bits per heavy atom. The van der Waals surface area contributed by atoms with Crippen LogP contribution in [0.4, 0.5) is 8.78 Å². The summed E-state index contributed by atoms with van der Waals surface area (Å²) in [6.07, 6.45) is -2.44. The molecule has 0 aliphatic carbocycles. The van der Waals surface area contributed by atoms with E-state index in [1.165, 1.54) is 24.5 Å². The molecule has 0 bridgehead atoms. The fourth-order valence-corrected chi connectivity index (χ4v) is 2.09. The number of fused-ring (bicyclic) bond motifs is 1. The van der Waals surface area contributed by atoms with Crippen LogP contribution in [-0.4, -0.2) is 26.4 Å². The standard InChI is InChI=1S/C13H6F2N4O4/c14-13(15)21-9-2-1-6(3-10(9)22-13)7-4-8(17-5-16-7)11-18-12(20)23-19-11/h1-5H,(H,18,19,20). The molecule has 4 rings (SSSR count). The van der Waals surface area contributed by atoms with Gasteiger partial charge in [0.25, 0.3) is 0 Å². The first-order valence-corrected chi connectivity index (χ1v) is 6.29. The number of nitrogens with one attached hydrogen (secondary N) is 1. The molecule has 1 aliphatic rings. The molecule has 0 fully saturated rings. The monoisotopic (exact) mass is 320 g/mol. The van der Waals surface area contributed by atoms with E-state index < -0.39 is 12.1 Å². The first-order valence-electron chi connectivity index (χ1n) is 6.29. The van der Waals surface area contributed by atoms with Gasteiger partial charge in [-0.1, -0.05) is 5.16 Å². The van der Waals surface area contributed by atoms with Crippen molar-refractivity contribution < 1.29 is 22.8 Å². The third-order valence-electron chi connectivity index (χ3n) is 3.05. The lowest BCUT2D eigenvalue weighted by atomic mass is 10.1. The van der Waals surface area contributed by atoms with Gasteiger partial charge in [-0.05, 0) is 24.3 Å². The first kappa shape index (κ1) is 13.4. The summed E-state index contributed by atoms with van der Waals surface area (Å²) in [5, 5.41) is 3.52. The van der Waals surface area contributed by atoms with Crippen molar-refractivity contribution in [1.29, 1.82) is 0 Å². The van der Waals surface area contributed by atoms with E-state index in [2.05, 4.69) is 34.1 Å². The number of ether oxygens (including phenoxy) is 2. The van der Waals surface area contributed by atoms with Crippen molar-refractivity contribution >= 4 is 0 Å². The average Bonchev–Trinajstić information content (AvgIpc) is 3.08. The topological polar surface area (TPSA) is 103 Å². The molecule has 3 heterocycles. The molecule has 0 spiro atoms. The second-order valence-corrected chi connectivity index (χ2v) is 4.56. The summed E-state index contributed by atoms with van der Waals surface area (Å²) in [4.78, 5) is 21.4. The van der Waals surface area contributed by atoms with Gasteiger partial charge >= 0.3 is 12.1 Å². The van der Waals surface area contributed by atoms with E-state index in [1.807, 2.05) is 0 Å². The van der Waals surface area contributed by atoms with Gasteiger partial charge in [-0.2, -0.15) is 0 Å². The van der Waals surface area contributed by atoms with Crippen molar-refractivity contribution in [1.82, 2.24) is 20.1 Å². The summed E-state index contributed by atoms with van der Waals surface area (Å²) in [6, 6.07) is 5.78. The van der Waals surface area contributed by atoms with Crippen LogP contribution in [-0.2, 0) is 0 Å². The molecule has 0 radical (unpaired) electrons. The summed E-state index contributed by atoms with van der Waals surface area (Å²) < 4.78 is 39.2. The first-order chi connectivity index (χ1) is 11.0. The SMILES string of the molecule is O=c1[nH]c(-c2cc(-c3ccc4c(c3)OC(F)(F)O4)ncn2)no1. The number of hydrogen-bond acceptors (Lipinski definition) is 7. The number of hydrogen-bond donors (Lipinski definition) is 1. The van der Waals surface area contributed by atoms with Crippen LogP contribution in [0.15, 0.2) is 39.9 Å². The van der Waals surface area contributed by atoms with Gasteiger partial charge in [-0.3, -0.25) is 9.51 Å². The molecule has 0 saturated heterocycles. The van der Waals surface area contributed by atoms with E-state index in [4.69, 9.17) is 0 Å². The highest BCUT2D eigenvalue weighted by atomic mass is 19.3. The Kier molecular flexibility index (Phi) is 2.67. The van der Waals surface area contributed by atoms with Gasteiger partial charge in [0.05, 0.1) is 5.69 Å². The van der Waals surface area contributed by atoms with Crippen molar-refractivity contribution in [3.63, 3.8) is 0 Å². The Morgan fingerprint density at radius 3 is 2.61 bits per heavy atom. The fourth-order valence-electron chi connectivity index (χ4n) is 2.09. The molecule has 1 N–H and O–H groups in total. The Balaban J connectivity index is 1.74. The minimum atomic E-state index is -3.68. The second-order valence-electron chi connectivity index (χ2n) is 4.56. The van der Waals surface area contributed by atoms with Crippen molar-refractivity contribution in [2.75, 3.05) is 0 Å². The van der Waals surface area contributed by atoms with Crippen molar-refractivity contribution in [3.8, 4) is 34.3 Å². The van der Waals surface area contributed by atoms with Gasteiger partial charge in [0.15, 0.2) is 11.5 Å². The summed E-state index contributed by atoms with van der Waals surface area (Å²) in [5.41, 5.74) is 1.23. The minimum absolute atomic E-state index is 0.0612. The smallest absolute Gasteiger partial charge is 0.395 e. The van der Waals surface area contributed by atoms with Gasteiger partial charge in [0.2, 0.25) is 5.82 Å². The largest absolute Gasteiger partial charge is 0.586 e. The normalized spacial score (nSPS) is 14.9. The highest BCUT2D eigenvalue weighted by molar-refractivity contribution is 5.67. The lowest BCUT2D eigenvalue weighted by molar-refractivity contribution is -0.286. The van der Waals surface area contributed by atoms with Crippen LogP contribution in [0.1, 0.15) is 0 Å². The summed E-state index contributed by atoms with van der Waals surface area (Å²) >= 11 is 0. The molecule has 10 heteroatoms. The van der Waals surface area contributed by atoms with Crippen LogP contribution in [0, 0.1) is 0 Å². The quantitative estimate of drug-likeness (QED) is 0.768. The average molecular weight is 320 g/mol. The van der Waals surface area contributed by atoms with Crippen LogP contribution in [0.5, 0.6) is 11.5 Å². The third-order valence-corrected chi connectivity index (χ3v) is 3.05.